The Morgan fingerprint density at radius 1 is 1.44 bits per heavy atom. The highest BCUT2D eigenvalue weighted by Crippen LogP contribution is 2.37. The second-order valence-corrected chi connectivity index (χ2v) is 6.65. The van der Waals surface area contributed by atoms with Gasteiger partial charge in [0.15, 0.2) is 5.82 Å². The number of hydrogen-bond donors (Lipinski definition) is 2. The zero-order valence-corrected chi connectivity index (χ0v) is 14.1. The van der Waals surface area contributed by atoms with Gasteiger partial charge in [-0.3, -0.25) is 4.79 Å². The van der Waals surface area contributed by atoms with Crippen molar-refractivity contribution >= 4 is 28.0 Å². The molecule has 2 N–H and O–H groups in total. The van der Waals surface area contributed by atoms with Gasteiger partial charge in [0, 0.05) is 31.1 Å². The Hall–Kier alpha value is -2.88. The van der Waals surface area contributed by atoms with Crippen molar-refractivity contribution in [1.82, 2.24) is 24.8 Å². The van der Waals surface area contributed by atoms with Crippen LogP contribution >= 0.6 is 0 Å². The van der Waals surface area contributed by atoms with Gasteiger partial charge in [-0.05, 0) is 37.7 Å². The van der Waals surface area contributed by atoms with E-state index in [0.717, 1.165) is 47.8 Å². The summed E-state index contributed by atoms with van der Waals surface area (Å²) >= 11 is 0. The molecule has 3 heterocycles. The van der Waals surface area contributed by atoms with Crippen LogP contribution in [0.25, 0.3) is 22.1 Å². The zero-order chi connectivity index (χ0) is 17.4. The van der Waals surface area contributed by atoms with Crippen LogP contribution in [0.4, 0.5) is 0 Å². The van der Waals surface area contributed by atoms with Crippen LogP contribution in [0.2, 0.25) is 0 Å². The first-order chi connectivity index (χ1) is 12.2. The zero-order valence-electron chi connectivity index (χ0n) is 14.1. The maximum absolute atomic E-state index is 12.4. The summed E-state index contributed by atoms with van der Waals surface area (Å²) in [5.74, 6) is 0.726. The summed E-state index contributed by atoms with van der Waals surface area (Å²) in [5, 5.41) is 12.6. The predicted octanol–water partition coefficient (Wildman–Crippen LogP) is 2.92. The molecule has 0 aliphatic heterocycles. The van der Waals surface area contributed by atoms with Crippen molar-refractivity contribution in [3.8, 4) is 6.07 Å². The molecule has 0 atom stereocenters. The number of imidazole rings is 1. The Bertz CT molecular complexity index is 971. The number of aromatic nitrogens is 4. The van der Waals surface area contributed by atoms with E-state index in [1.54, 1.807) is 13.2 Å². The van der Waals surface area contributed by atoms with Crippen LogP contribution in [0.3, 0.4) is 0 Å². The lowest BCUT2D eigenvalue weighted by Gasteiger charge is -2.29. The number of nitriles is 1. The van der Waals surface area contributed by atoms with Crippen molar-refractivity contribution in [2.75, 3.05) is 7.05 Å². The Labute approximate surface area is 145 Å². The second-order valence-electron chi connectivity index (χ2n) is 6.65. The van der Waals surface area contributed by atoms with Crippen LogP contribution in [0, 0.1) is 17.2 Å². The summed E-state index contributed by atoms with van der Waals surface area (Å²) in [7, 11) is 1.62. The van der Waals surface area contributed by atoms with Gasteiger partial charge >= 0.3 is 0 Å². The molecule has 1 aliphatic carbocycles. The molecule has 0 saturated heterocycles. The van der Waals surface area contributed by atoms with Crippen LogP contribution in [-0.2, 0) is 0 Å². The number of nitrogens with one attached hydrogen (secondary N) is 2. The highest BCUT2D eigenvalue weighted by Gasteiger charge is 2.28. The van der Waals surface area contributed by atoms with E-state index in [-0.39, 0.29) is 11.9 Å². The molecule has 1 amide bonds. The Kier molecular flexibility index (Phi) is 3.88. The summed E-state index contributed by atoms with van der Waals surface area (Å²) < 4.78 is 2.09. The first-order valence-corrected chi connectivity index (χ1v) is 8.66. The van der Waals surface area contributed by atoms with Gasteiger partial charge in [0.2, 0.25) is 0 Å². The summed E-state index contributed by atoms with van der Waals surface area (Å²) in [5.41, 5.74) is 2.51. The third-order valence-electron chi connectivity index (χ3n) is 5.23. The van der Waals surface area contributed by atoms with E-state index >= 15 is 0 Å². The molecule has 4 rings (SSSR count). The van der Waals surface area contributed by atoms with E-state index < -0.39 is 0 Å². The summed E-state index contributed by atoms with van der Waals surface area (Å²) in [6, 6.07) is 4.48. The van der Waals surface area contributed by atoms with E-state index in [4.69, 9.17) is 5.26 Å². The van der Waals surface area contributed by atoms with Crippen molar-refractivity contribution in [1.29, 1.82) is 5.26 Å². The highest BCUT2D eigenvalue weighted by atomic mass is 16.2. The lowest BCUT2D eigenvalue weighted by Crippen LogP contribution is -2.26. The lowest BCUT2D eigenvalue weighted by molar-refractivity contribution is 0.0944. The number of rotatable bonds is 3. The van der Waals surface area contributed by atoms with E-state index in [0.29, 0.717) is 18.2 Å². The first kappa shape index (κ1) is 15.6. The lowest BCUT2D eigenvalue weighted by atomic mass is 9.84. The molecule has 3 aromatic rings. The Balaban J connectivity index is 1.84. The van der Waals surface area contributed by atoms with Crippen molar-refractivity contribution in [2.24, 2.45) is 5.92 Å². The number of amides is 1. The molecule has 1 aliphatic rings. The second kappa shape index (κ2) is 6.20. The summed E-state index contributed by atoms with van der Waals surface area (Å²) in [4.78, 5) is 24.5. The van der Waals surface area contributed by atoms with Crippen molar-refractivity contribution in [3.63, 3.8) is 0 Å². The molecule has 0 aromatic carbocycles. The Morgan fingerprint density at radius 2 is 2.24 bits per heavy atom. The molecule has 1 fully saturated rings. The first-order valence-electron chi connectivity index (χ1n) is 8.66. The van der Waals surface area contributed by atoms with E-state index in [1.165, 1.54) is 0 Å². The van der Waals surface area contributed by atoms with Gasteiger partial charge in [-0.15, -0.1) is 0 Å². The van der Waals surface area contributed by atoms with Gasteiger partial charge in [0.05, 0.1) is 17.8 Å². The van der Waals surface area contributed by atoms with Crippen LogP contribution in [0.1, 0.15) is 48.8 Å². The normalized spacial score (nSPS) is 20.6. The molecule has 0 bridgehead atoms. The number of hydrogen-bond acceptors (Lipinski definition) is 4. The fourth-order valence-electron chi connectivity index (χ4n) is 3.96. The van der Waals surface area contributed by atoms with Crippen LogP contribution < -0.4 is 5.32 Å². The van der Waals surface area contributed by atoms with Gasteiger partial charge in [-0.1, -0.05) is 0 Å². The molecular formula is C18H20N6O. The molecule has 25 heavy (non-hydrogen) atoms. The summed E-state index contributed by atoms with van der Waals surface area (Å²) in [6.45, 7) is 0. The fraction of sp³-hybridized carbons (Fsp3) is 0.444. The minimum Gasteiger partial charge on any atom is -0.352 e. The van der Waals surface area contributed by atoms with Gasteiger partial charge in [-0.25, -0.2) is 9.97 Å². The molecular weight excluding hydrogens is 316 g/mol. The molecule has 1 saturated carbocycles. The topological polar surface area (TPSA) is 99.4 Å². The van der Waals surface area contributed by atoms with Crippen LogP contribution in [-0.4, -0.2) is 32.5 Å². The summed E-state index contributed by atoms with van der Waals surface area (Å²) in [6.07, 6.45) is 8.12. The number of H-pyrrole nitrogens is 1. The largest absolute Gasteiger partial charge is 0.352 e. The maximum atomic E-state index is 12.4. The Morgan fingerprint density at radius 3 is 2.96 bits per heavy atom. The van der Waals surface area contributed by atoms with Gasteiger partial charge in [-0.2, -0.15) is 5.26 Å². The van der Waals surface area contributed by atoms with Crippen molar-refractivity contribution < 1.29 is 4.79 Å². The molecule has 3 aromatic heterocycles. The molecule has 7 nitrogen and oxygen atoms in total. The highest BCUT2D eigenvalue weighted by molar-refractivity contribution is 6.04. The monoisotopic (exact) mass is 336 g/mol. The molecule has 128 valence electrons. The van der Waals surface area contributed by atoms with Crippen molar-refractivity contribution in [3.05, 3.63) is 24.3 Å². The number of carbonyl (C=O) groups excluding carboxylic acids is 1. The number of fused-ring (bicyclic) bond motifs is 3. The smallest absolute Gasteiger partial charge is 0.287 e. The number of nitrogens with zero attached hydrogens (tertiary/aromatic N) is 4. The fourth-order valence-corrected chi connectivity index (χ4v) is 3.96. The van der Waals surface area contributed by atoms with Gasteiger partial charge in [0.25, 0.3) is 5.91 Å². The van der Waals surface area contributed by atoms with Crippen LogP contribution in [0.5, 0.6) is 0 Å². The van der Waals surface area contributed by atoms with Gasteiger partial charge < -0.3 is 14.9 Å². The number of aromatic amines is 1. The number of pyridine rings is 1. The number of carbonyl (C=O) groups is 1. The van der Waals surface area contributed by atoms with E-state index in [9.17, 15) is 4.79 Å². The van der Waals surface area contributed by atoms with Gasteiger partial charge in [0.1, 0.15) is 11.2 Å². The molecule has 0 unspecified atom stereocenters. The maximum Gasteiger partial charge on any atom is 0.287 e. The minimum atomic E-state index is -0.181. The average Bonchev–Trinajstić information content (AvgIpc) is 3.25. The minimum absolute atomic E-state index is 0.181. The average molecular weight is 336 g/mol. The quantitative estimate of drug-likeness (QED) is 0.768. The third kappa shape index (κ3) is 2.54. The van der Waals surface area contributed by atoms with E-state index in [2.05, 4.69) is 30.9 Å². The molecule has 0 radical (unpaired) electrons. The molecule has 7 heteroatoms. The van der Waals surface area contributed by atoms with Crippen molar-refractivity contribution in [2.45, 2.75) is 38.1 Å². The van der Waals surface area contributed by atoms with Crippen LogP contribution in [0.15, 0.2) is 18.5 Å². The SMILES string of the molecule is CNC(=O)c1nc2cnc3[nH]ccc3c2n1C1CCC(CC#N)CC1. The third-order valence-corrected chi connectivity index (χ3v) is 5.23. The standard InChI is InChI=1S/C18H20N6O/c1-20-18(25)17-23-14-10-22-16-13(7-9-21-16)15(14)24(17)12-4-2-11(3-5-12)6-8-19/h7,9-12H,2-6H2,1H3,(H,20,25)(H,21,22). The molecule has 0 spiro atoms. The predicted molar refractivity (Wildman–Crippen MR) is 94.0 cm³/mol. The van der Waals surface area contributed by atoms with E-state index in [1.807, 2.05) is 12.3 Å².